The minimum atomic E-state index is 0.259. The lowest BCUT2D eigenvalue weighted by Gasteiger charge is -2.09. The van der Waals surface area contributed by atoms with E-state index in [2.05, 4.69) is 53.1 Å². The molecule has 0 amide bonds. The quantitative estimate of drug-likeness (QED) is 0.449. The second-order valence-corrected chi connectivity index (χ2v) is 7.50. The van der Waals surface area contributed by atoms with Gasteiger partial charge in [-0.3, -0.25) is 4.98 Å². The number of nitrogen functional groups attached to an aromatic ring is 1. The number of rotatable bonds is 7. The number of aromatic nitrogens is 3. The third-order valence-corrected chi connectivity index (χ3v) is 5.16. The van der Waals surface area contributed by atoms with Crippen LogP contribution in [0, 0.1) is 6.92 Å². The fourth-order valence-electron chi connectivity index (χ4n) is 3.29. The second-order valence-electron chi connectivity index (χ2n) is 7.50. The first kappa shape index (κ1) is 20.5. The van der Waals surface area contributed by atoms with Gasteiger partial charge in [0, 0.05) is 29.4 Å². The molecular weight excluding hydrogens is 384 g/mol. The molecule has 0 unspecified atom stereocenters. The Morgan fingerprint density at radius 2 is 1.48 bits per heavy atom. The molecule has 0 radical (unpaired) electrons. The number of aryl methyl sites for hydroxylation is 2. The van der Waals surface area contributed by atoms with E-state index in [-0.39, 0.29) is 5.95 Å². The molecule has 5 heteroatoms. The molecule has 0 atom stereocenters. The molecule has 156 valence electrons. The minimum absolute atomic E-state index is 0.259. The second kappa shape index (κ2) is 9.39. The third-order valence-electron chi connectivity index (χ3n) is 5.16. The largest absolute Gasteiger partial charge is 0.493 e. The summed E-state index contributed by atoms with van der Waals surface area (Å²) in [6.45, 7) is 4.77. The highest BCUT2D eigenvalue weighted by atomic mass is 16.5. The van der Waals surface area contributed by atoms with Crippen molar-refractivity contribution < 1.29 is 4.74 Å². The molecule has 4 rings (SSSR count). The summed E-state index contributed by atoms with van der Waals surface area (Å²) in [5.41, 5.74) is 13.0. The van der Waals surface area contributed by atoms with Gasteiger partial charge in [0.25, 0.3) is 0 Å². The standard InChI is InChI=1S/C26H26N4O/c1-3-19-6-11-22(28-17-19)14-15-31-23-12-9-21(10-13-23)25-16-24(29-26(27)30-25)20-7-4-18(2)5-8-20/h4-13,16-17H,3,14-15H2,1-2H3,(H2,27,29,30). The molecule has 0 fully saturated rings. The monoisotopic (exact) mass is 410 g/mol. The predicted molar refractivity (Wildman–Crippen MR) is 125 cm³/mol. The van der Waals surface area contributed by atoms with Crippen LogP contribution in [0.5, 0.6) is 5.75 Å². The van der Waals surface area contributed by atoms with Crippen LogP contribution in [0.1, 0.15) is 23.7 Å². The van der Waals surface area contributed by atoms with Gasteiger partial charge < -0.3 is 10.5 Å². The van der Waals surface area contributed by atoms with Gasteiger partial charge in [-0.2, -0.15) is 0 Å². The van der Waals surface area contributed by atoms with Crippen LogP contribution in [0.25, 0.3) is 22.5 Å². The molecule has 2 heterocycles. The third kappa shape index (κ3) is 5.25. The zero-order chi connectivity index (χ0) is 21.6. The van der Waals surface area contributed by atoms with Gasteiger partial charge in [0.05, 0.1) is 18.0 Å². The average molecular weight is 411 g/mol. The maximum absolute atomic E-state index is 5.98. The average Bonchev–Trinajstić information content (AvgIpc) is 2.80. The van der Waals surface area contributed by atoms with E-state index >= 15 is 0 Å². The van der Waals surface area contributed by atoms with E-state index in [1.807, 2.05) is 48.7 Å². The Kier molecular flexibility index (Phi) is 6.22. The molecule has 0 aliphatic rings. The van der Waals surface area contributed by atoms with Crippen molar-refractivity contribution in [2.24, 2.45) is 0 Å². The first-order chi connectivity index (χ1) is 15.1. The summed E-state index contributed by atoms with van der Waals surface area (Å²) in [5.74, 6) is 1.07. The fraction of sp³-hybridized carbons (Fsp3) is 0.192. The van der Waals surface area contributed by atoms with Gasteiger partial charge in [-0.25, -0.2) is 9.97 Å². The van der Waals surface area contributed by atoms with Crippen molar-refractivity contribution in [1.82, 2.24) is 15.0 Å². The smallest absolute Gasteiger partial charge is 0.221 e. The molecule has 4 aromatic rings. The van der Waals surface area contributed by atoms with Gasteiger partial charge in [-0.05, 0) is 55.3 Å². The van der Waals surface area contributed by atoms with E-state index in [9.17, 15) is 0 Å². The number of anilines is 1. The summed E-state index contributed by atoms with van der Waals surface area (Å²) in [5, 5.41) is 0. The number of hydrogen-bond acceptors (Lipinski definition) is 5. The minimum Gasteiger partial charge on any atom is -0.493 e. The summed E-state index contributed by atoms with van der Waals surface area (Å²) in [4.78, 5) is 13.3. The Bertz CT molecular complexity index is 1140. The number of nitrogens with two attached hydrogens (primary N) is 1. The van der Waals surface area contributed by atoms with Crippen molar-refractivity contribution in [3.8, 4) is 28.3 Å². The summed E-state index contributed by atoms with van der Waals surface area (Å²) >= 11 is 0. The van der Waals surface area contributed by atoms with Crippen molar-refractivity contribution in [2.45, 2.75) is 26.7 Å². The van der Waals surface area contributed by atoms with Crippen molar-refractivity contribution in [1.29, 1.82) is 0 Å². The van der Waals surface area contributed by atoms with E-state index < -0.39 is 0 Å². The van der Waals surface area contributed by atoms with Crippen LogP contribution < -0.4 is 10.5 Å². The van der Waals surface area contributed by atoms with Crippen LogP contribution in [-0.4, -0.2) is 21.6 Å². The highest BCUT2D eigenvalue weighted by Crippen LogP contribution is 2.26. The van der Waals surface area contributed by atoms with Crippen LogP contribution in [-0.2, 0) is 12.8 Å². The van der Waals surface area contributed by atoms with Crippen molar-refractivity contribution in [2.75, 3.05) is 12.3 Å². The molecule has 0 saturated carbocycles. The van der Waals surface area contributed by atoms with Crippen molar-refractivity contribution >= 4 is 5.95 Å². The Morgan fingerprint density at radius 1 is 0.839 bits per heavy atom. The highest BCUT2D eigenvalue weighted by Gasteiger charge is 2.08. The molecule has 5 nitrogen and oxygen atoms in total. The molecule has 0 bridgehead atoms. The fourth-order valence-corrected chi connectivity index (χ4v) is 3.29. The lowest BCUT2D eigenvalue weighted by Crippen LogP contribution is -2.03. The molecule has 0 saturated heterocycles. The Balaban J connectivity index is 1.43. The number of benzene rings is 2. The molecule has 0 aliphatic heterocycles. The maximum atomic E-state index is 5.98. The lowest BCUT2D eigenvalue weighted by atomic mass is 10.1. The van der Waals surface area contributed by atoms with Crippen molar-refractivity contribution in [3.05, 3.63) is 89.7 Å². The lowest BCUT2D eigenvalue weighted by molar-refractivity contribution is 0.320. The van der Waals surface area contributed by atoms with E-state index in [1.54, 1.807) is 0 Å². The van der Waals surface area contributed by atoms with Crippen molar-refractivity contribution in [3.63, 3.8) is 0 Å². The van der Waals surface area contributed by atoms with E-state index in [0.717, 1.165) is 46.8 Å². The molecular formula is C26H26N4O. The maximum Gasteiger partial charge on any atom is 0.221 e. The highest BCUT2D eigenvalue weighted by molar-refractivity contribution is 5.69. The SMILES string of the molecule is CCc1ccc(CCOc2ccc(-c3cc(-c4ccc(C)cc4)nc(N)n3)cc2)nc1. The zero-order valence-corrected chi connectivity index (χ0v) is 17.9. The number of pyridine rings is 1. The van der Waals surface area contributed by atoms with E-state index in [1.165, 1.54) is 11.1 Å². The van der Waals surface area contributed by atoms with Gasteiger partial charge >= 0.3 is 0 Å². The molecule has 2 aromatic heterocycles. The Labute approximate surface area is 183 Å². The zero-order valence-electron chi connectivity index (χ0n) is 17.9. The molecule has 0 aliphatic carbocycles. The normalized spacial score (nSPS) is 10.8. The first-order valence-electron chi connectivity index (χ1n) is 10.5. The van der Waals surface area contributed by atoms with Crippen LogP contribution in [0.15, 0.2) is 72.9 Å². The predicted octanol–water partition coefficient (Wildman–Crippen LogP) is 5.28. The van der Waals surface area contributed by atoms with Gasteiger partial charge in [-0.1, -0.05) is 42.8 Å². The van der Waals surface area contributed by atoms with Crippen LogP contribution in [0.3, 0.4) is 0 Å². The number of ether oxygens (including phenoxy) is 1. The van der Waals surface area contributed by atoms with E-state index in [0.29, 0.717) is 6.61 Å². The number of hydrogen-bond donors (Lipinski definition) is 1. The van der Waals surface area contributed by atoms with E-state index in [4.69, 9.17) is 10.5 Å². The van der Waals surface area contributed by atoms with Gasteiger partial charge in [0.1, 0.15) is 5.75 Å². The van der Waals surface area contributed by atoms with Crippen LogP contribution >= 0.6 is 0 Å². The molecule has 0 spiro atoms. The van der Waals surface area contributed by atoms with Crippen LogP contribution in [0.2, 0.25) is 0 Å². The summed E-state index contributed by atoms with van der Waals surface area (Å²) < 4.78 is 5.89. The summed E-state index contributed by atoms with van der Waals surface area (Å²) in [6, 6.07) is 22.2. The van der Waals surface area contributed by atoms with Gasteiger partial charge in [-0.15, -0.1) is 0 Å². The first-order valence-corrected chi connectivity index (χ1v) is 10.5. The Hall–Kier alpha value is -3.73. The Morgan fingerprint density at radius 3 is 2.06 bits per heavy atom. The number of nitrogens with zero attached hydrogens (tertiary/aromatic N) is 3. The summed E-state index contributed by atoms with van der Waals surface area (Å²) in [6.07, 6.45) is 3.71. The topological polar surface area (TPSA) is 73.9 Å². The summed E-state index contributed by atoms with van der Waals surface area (Å²) in [7, 11) is 0. The van der Waals surface area contributed by atoms with Gasteiger partial charge in [0.15, 0.2) is 0 Å². The molecule has 2 aromatic carbocycles. The van der Waals surface area contributed by atoms with Crippen LogP contribution in [0.4, 0.5) is 5.95 Å². The molecule has 2 N–H and O–H groups in total. The van der Waals surface area contributed by atoms with Gasteiger partial charge in [0.2, 0.25) is 5.95 Å². The molecule has 31 heavy (non-hydrogen) atoms.